The van der Waals surface area contributed by atoms with E-state index in [1.165, 1.54) is 6.33 Å². The van der Waals surface area contributed by atoms with Gasteiger partial charge >= 0.3 is 0 Å². The number of hydrogen-bond acceptors (Lipinski definition) is 4. The van der Waals surface area contributed by atoms with E-state index in [2.05, 4.69) is 28.4 Å². The predicted molar refractivity (Wildman–Crippen MR) is 86.6 cm³/mol. The summed E-state index contributed by atoms with van der Waals surface area (Å²) in [5, 5.41) is 0.118. The van der Waals surface area contributed by atoms with Crippen molar-refractivity contribution in [3.63, 3.8) is 0 Å². The summed E-state index contributed by atoms with van der Waals surface area (Å²) in [4.78, 5) is 8.48. The van der Waals surface area contributed by atoms with Crippen LogP contribution in [0, 0.1) is 0 Å². The van der Waals surface area contributed by atoms with Crippen molar-refractivity contribution >= 4 is 10.0 Å². The maximum Gasteiger partial charge on any atom is 0.262 e. The molecule has 0 radical (unpaired) electrons. The highest BCUT2D eigenvalue weighted by Gasteiger charge is 2.33. The number of piperidine rings is 1. The summed E-state index contributed by atoms with van der Waals surface area (Å²) in [6.45, 7) is 5.22. The summed E-state index contributed by atoms with van der Waals surface area (Å²) in [7, 11) is -1.77. The molecule has 0 amide bonds. The second-order valence-electron chi connectivity index (χ2n) is 6.37. The second-order valence-corrected chi connectivity index (χ2v) is 8.25. The second kappa shape index (κ2) is 6.09. The molecule has 3 heterocycles. The lowest BCUT2D eigenvalue weighted by atomic mass is 9.98. The molecule has 2 aromatic heterocycles. The zero-order valence-electron chi connectivity index (χ0n) is 13.8. The number of aromatic nitrogens is 4. The van der Waals surface area contributed by atoms with Gasteiger partial charge in [-0.15, -0.1) is 0 Å². The Morgan fingerprint density at radius 2 is 2.09 bits per heavy atom. The van der Waals surface area contributed by atoms with E-state index < -0.39 is 10.0 Å². The minimum absolute atomic E-state index is 0.118. The maximum absolute atomic E-state index is 12.8. The van der Waals surface area contributed by atoms with Gasteiger partial charge < -0.3 is 9.13 Å². The van der Waals surface area contributed by atoms with Crippen LogP contribution in [0.25, 0.3) is 0 Å². The van der Waals surface area contributed by atoms with E-state index in [4.69, 9.17) is 0 Å². The van der Waals surface area contributed by atoms with Crippen LogP contribution in [0.5, 0.6) is 0 Å². The van der Waals surface area contributed by atoms with E-state index in [9.17, 15) is 8.42 Å². The van der Waals surface area contributed by atoms with Crippen LogP contribution in [-0.2, 0) is 17.1 Å². The first-order chi connectivity index (χ1) is 10.9. The summed E-state index contributed by atoms with van der Waals surface area (Å²) >= 11 is 0. The fourth-order valence-corrected chi connectivity index (χ4v) is 4.59. The van der Waals surface area contributed by atoms with Crippen molar-refractivity contribution in [3.05, 3.63) is 30.7 Å². The lowest BCUT2D eigenvalue weighted by molar-refractivity contribution is 0.302. The summed E-state index contributed by atoms with van der Waals surface area (Å²) in [5.74, 6) is 1.10. The predicted octanol–water partition coefficient (Wildman–Crippen LogP) is 1.77. The Kier molecular flexibility index (Phi) is 4.29. The van der Waals surface area contributed by atoms with Gasteiger partial charge in [-0.2, -0.15) is 4.31 Å². The molecule has 3 rings (SSSR count). The van der Waals surface area contributed by atoms with Crippen LogP contribution in [-0.4, -0.2) is 44.9 Å². The van der Waals surface area contributed by atoms with E-state index in [-0.39, 0.29) is 10.9 Å². The average Bonchev–Trinajstić information content (AvgIpc) is 3.16. The molecule has 0 unspecified atom stereocenters. The van der Waals surface area contributed by atoms with Crippen LogP contribution in [0.4, 0.5) is 0 Å². The zero-order valence-corrected chi connectivity index (χ0v) is 14.6. The van der Waals surface area contributed by atoms with Crippen LogP contribution in [0.1, 0.15) is 44.5 Å². The lowest BCUT2D eigenvalue weighted by Gasteiger charge is -2.31. The maximum atomic E-state index is 12.8. The molecule has 0 aliphatic carbocycles. The summed E-state index contributed by atoms with van der Waals surface area (Å²) in [6, 6.07) is 0.315. The molecule has 1 atom stereocenters. The minimum Gasteiger partial charge on any atom is -0.339 e. The van der Waals surface area contributed by atoms with Gasteiger partial charge in [-0.05, 0) is 26.7 Å². The standard InChI is InChI=1S/C15H23N5O2S/c1-12(2)20-8-6-16-15(20)13-5-4-7-19(9-13)23(21,22)14-10-18(3)11-17-14/h6,8,10-13H,4-5,7,9H2,1-3H3/t13-/m1/s1. The van der Waals surface area contributed by atoms with Gasteiger partial charge in [0.25, 0.3) is 10.0 Å². The normalized spacial score (nSPS) is 20.3. The summed E-state index contributed by atoms with van der Waals surface area (Å²) in [5.41, 5.74) is 0. The fourth-order valence-electron chi connectivity index (χ4n) is 3.10. The largest absolute Gasteiger partial charge is 0.339 e. The van der Waals surface area contributed by atoms with Crippen LogP contribution in [0.3, 0.4) is 0 Å². The smallest absolute Gasteiger partial charge is 0.262 e. The van der Waals surface area contributed by atoms with E-state index in [1.54, 1.807) is 28.3 Å². The molecule has 1 saturated heterocycles. The highest BCUT2D eigenvalue weighted by Crippen LogP contribution is 2.30. The van der Waals surface area contributed by atoms with Gasteiger partial charge in [0.1, 0.15) is 5.82 Å². The van der Waals surface area contributed by atoms with Crippen molar-refractivity contribution in [2.75, 3.05) is 13.1 Å². The molecule has 0 spiro atoms. The molecule has 0 N–H and O–H groups in total. The number of imidazole rings is 2. The third-order valence-corrected chi connectivity index (χ3v) is 6.04. The Hall–Kier alpha value is -1.67. The van der Waals surface area contributed by atoms with Gasteiger partial charge in [0, 0.05) is 50.7 Å². The molecule has 126 valence electrons. The third kappa shape index (κ3) is 3.05. The monoisotopic (exact) mass is 337 g/mol. The van der Waals surface area contributed by atoms with Crippen molar-refractivity contribution in [1.82, 2.24) is 23.4 Å². The van der Waals surface area contributed by atoms with E-state index >= 15 is 0 Å². The Balaban J connectivity index is 1.85. The molecular formula is C15H23N5O2S. The first-order valence-corrected chi connectivity index (χ1v) is 9.34. The summed E-state index contributed by atoms with van der Waals surface area (Å²) in [6.07, 6.45) is 8.61. The van der Waals surface area contributed by atoms with Crippen molar-refractivity contribution in [2.24, 2.45) is 7.05 Å². The number of aryl methyl sites for hydroxylation is 1. The molecule has 7 nitrogen and oxygen atoms in total. The van der Waals surface area contributed by atoms with Gasteiger partial charge in [0.2, 0.25) is 0 Å². The minimum atomic E-state index is -3.53. The molecule has 23 heavy (non-hydrogen) atoms. The highest BCUT2D eigenvalue weighted by molar-refractivity contribution is 7.89. The zero-order chi connectivity index (χ0) is 16.6. The van der Waals surface area contributed by atoms with Gasteiger partial charge in [-0.1, -0.05) is 0 Å². The van der Waals surface area contributed by atoms with E-state index in [0.29, 0.717) is 19.1 Å². The molecule has 8 heteroatoms. The number of rotatable bonds is 4. The van der Waals surface area contributed by atoms with Gasteiger partial charge in [-0.25, -0.2) is 18.4 Å². The Labute approximate surface area is 137 Å². The van der Waals surface area contributed by atoms with Crippen molar-refractivity contribution < 1.29 is 8.42 Å². The van der Waals surface area contributed by atoms with Gasteiger partial charge in [0.15, 0.2) is 5.03 Å². The number of sulfonamides is 1. The molecule has 0 saturated carbocycles. The molecule has 1 aliphatic rings. The SMILES string of the molecule is CC(C)n1ccnc1[C@@H]1CCCN(S(=O)(=O)c2cn(C)cn2)C1. The number of hydrogen-bond donors (Lipinski definition) is 0. The Morgan fingerprint density at radius 3 is 2.74 bits per heavy atom. The molecule has 0 bridgehead atoms. The van der Waals surface area contributed by atoms with Crippen molar-refractivity contribution in [3.8, 4) is 0 Å². The third-order valence-electron chi connectivity index (χ3n) is 4.29. The molecule has 2 aromatic rings. The topological polar surface area (TPSA) is 73.0 Å². The van der Waals surface area contributed by atoms with Crippen LogP contribution in [0.15, 0.2) is 29.9 Å². The number of nitrogens with zero attached hydrogens (tertiary/aromatic N) is 5. The van der Waals surface area contributed by atoms with Crippen LogP contribution < -0.4 is 0 Å². The van der Waals surface area contributed by atoms with Crippen molar-refractivity contribution in [1.29, 1.82) is 0 Å². The Morgan fingerprint density at radius 1 is 1.30 bits per heavy atom. The summed E-state index contributed by atoms with van der Waals surface area (Å²) < 4.78 is 30.8. The first kappa shape index (κ1) is 16.2. The van der Waals surface area contributed by atoms with Gasteiger partial charge in [-0.3, -0.25) is 0 Å². The molecule has 1 aliphatic heterocycles. The van der Waals surface area contributed by atoms with Gasteiger partial charge in [0.05, 0.1) is 6.33 Å². The van der Waals surface area contributed by atoms with Crippen LogP contribution >= 0.6 is 0 Å². The fraction of sp³-hybridized carbons (Fsp3) is 0.600. The van der Waals surface area contributed by atoms with Crippen molar-refractivity contribution in [2.45, 2.75) is 43.7 Å². The highest BCUT2D eigenvalue weighted by atomic mass is 32.2. The molecule has 0 aromatic carbocycles. The first-order valence-electron chi connectivity index (χ1n) is 7.90. The van der Waals surface area contributed by atoms with E-state index in [1.807, 2.05) is 6.20 Å². The van der Waals surface area contributed by atoms with E-state index in [0.717, 1.165) is 18.7 Å². The Bertz CT molecular complexity index is 777. The molecule has 1 fully saturated rings. The average molecular weight is 337 g/mol. The lowest BCUT2D eigenvalue weighted by Crippen LogP contribution is -2.40. The van der Waals surface area contributed by atoms with Crippen LogP contribution in [0.2, 0.25) is 0 Å². The quantitative estimate of drug-likeness (QED) is 0.852. The molecular weight excluding hydrogens is 314 g/mol.